The number of nitrogens with zero attached hydrogens (tertiary/aromatic N) is 1. The lowest BCUT2D eigenvalue weighted by Crippen LogP contribution is -2.41. The van der Waals surface area contributed by atoms with Crippen molar-refractivity contribution in [1.29, 1.82) is 0 Å². The molecule has 2 fully saturated rings. The minimum atomic E-state index is -3.76. The number of carboxylic acid groups (broad SMARTS) is 1. The normalized spacial score (nSPS) is 23.3. The van der Waals surface area contributed by atoms with E-state index in [1.54, 1.807) is 43.4 Å². The van der Waals surface area contributed by atoms with E-state index in [9.17, 15) is 18.3 Å². The average molecular weight is 734 g/mol. The number of hydrogen-bond donors (Lipinski definition) is 1. The first-order chi connectivity index (χ1) is 24.3. The number of aliphatic carboxylic acids is 1. The van der Waals surface area contributed by atoms with E-state index in [0.29, 0.717) is 46.8 Å². The van der Waals surface area contributed by atoms with Crippen molar-refractivity contribution in [2.24, 2.45) is 11.8 Å². The number of epoxide rings is 1. The summed E-state index contributed by atoms with van der Waals surface area (Å²) >= 11 is 6.01. The summed E-state index contributed by atoms with van der Waals surface area (Å²) in [5.74, 6) is 0.701. The Kier molecular flexibility index (Phi) is 11.1. The van der Waals surface area contributed by atoms with Crippen LogP contribution in [0.4, 0.5) is 0 Å². The largest absolute Gasteiger partial charge is 0.482 e. The van der Waals surface area contributed by atoms with Gasteiger partial charge < -0.3 is 24.1 Å². The molecule has 2 heterocycles. The Morgan fingerprint density at radius 1 is 1.00 bits per heavy atom. The van der Waals surface area contributed by atoms with Crippen molar-refractivity contribution in [3.8, 4) is 17.2 Å². The highest BCUT2D eigenvalue weighted by Crippen LogP contribution is 2.55. The van der Waals surface area contributed by atoms with Crippen molar-refractivity contribution in [1.82, 2.24) is 4.31 Å². The summed E-state index contributed by atoms with van der Waals surface area (Å²) < 4.78 is 53.6. The molecule has 1 N–H and O–H groups in total. The van der Waals surface area contributed by atoms with Gasteiger partial charge in [-0.2, -0.15) is 4.31 Å². The third-order valence-electron chi connectivity index (χ3n) is 9.68. The van der Waals surface area contributed by atoms with E-state index in [4.69, 9.17) is 30.5 Å². The van der Waals surface area contributed by atoms with E-state index in [1.165, 1.54) is 4.31 Å². The molecule has 1 unspecified atom stereocenters. The molecule has 2 aliphatic heterocycles. The number of carboxylic acids is 1. The Balaban J connectivity index is 1.31. The molecule has 0 radical (unpaired) electrons. The SMILES string of the molecule is CC(C)C[C@H]1O[C@@H](c2cc(Oc3ccccc3)ccc2OCC(=O)O)[C@H](C2(C)CO2)C[C@H]1c1ccc(S(=O)(=O)N(C)Cc2ccc(Cl)cc2)cc1. The molecule has 4 aromatic carbocycles. The molecule has 5 atom stereocenters. The molecular weight excluding hydrogens is 690 g/mol. The lowest BCUT2D eigenvalue weighted by molar-refractivity contribution is -0.139. The molecule has 0 bridgehead atoms. The quantitative estimate of drug-likeness (QED) is 0.128. The Labute approximate surface area is 305 Å². The van der Waals surface area contributed by atoms with E-state index >= 15 is 0 Å². The molecular formula is C40H44ClNO8S. The maximum absolute atomic E-state index is 13.6. The van der Waals surface area contributed by atoms with Gasteiger partial charge in [0.05, 0.1) is 29.3 Å². The van der Waals surface area contributed by atoms with E-state index in [2.05, 4.69) is 20.8 Å². The molecule has 0 amide bonds. The topological polar surface area (TPSA) is 115 Å². The molecule has 0 saturated carbocycles. The number of hydrogen-bond acceptors (Lipinski definition) is 7. The number of halogens is 1. The van der Waals surface area contributed by atoms with Crippen LogP contribution < -0.4 is 9.47 Å². The van der Waals surface area contributed by atoms with Crippen LogP contribution >= 0.6 is 11.6 Å². The van der Waals surface area contributed by atoms with Gasteiger partial charge in [-0.05, 0) is 91.4 Å². The van der Waals surface area contributed by atoms with Crippen LogP contribution in [0.3, 0.4) is 0 Å². The minimum absolute atomic E-state index is 0.0506. The molecule has 270 valence electrons. The van der Waals surface area contributed by atoms with Crippen LogP contribution in [0.25, 0.3) is 0 Å². The lowest BCUT2D eigenvalue weighted by atomic mass is 9.72. The maximum atomic E-state index is 13.6. The maximum Gasteiger partial charge on any atom is 0.341 e. The van der Waals surface area contributed by atoms with E-state index in [0.717, 1.165) is 17.5 Å². The molecule has 51 heavy (non-hydrogen) atoms. The fraction of sp³-hybridized carbons (Fsp3) is 0.375. The molecule has 0 spiro atoms. The first-order valence-corrected chi connectivity index (χ1v) is 19.0. The van der Waals surface area contributed by atoms with E-state index in [-0.39, 0.29) is 29.4 Å². The smallest absolute Gasteiger partial charge is 0.341 e. The fourth-order valence-electron chi connectivity index (χ4n) is 6.86. The highest BCUT2D eigenvalue weighted by Gasteiger charge is 2.55. The summed E-state index contributed by atoms with van der Waals surface area (Å²) in [7, 11) is -2.19. The summed E-state index contributed by atoms with van der Waals surface area (Å²) in [5.41, 5.74) is 2.04. The first-order valence-electron chi connectivity index (χ1n) is 17.1. The second-order valence-electron chi connectivity index (χ2n) is 14.0. The van der Waals surface area contributed by atoms with Gasteiger partial charge in [-0.3, -0.25) is 0 Å². The zero-order chi connectivity index (χ0) is 36.3. The van der Waals surface area contributed by atoms with Crippen LogP contribution in [-0.4, -0.2) is 55.8 Å². The Bertz CT molecular complexity index is 1910. The average Bonchev–Trinajstić information content (AvgIpc) is 3.86. The third kappa shape index (κ3) is 8.76. The van der Waals surface area contributed by atoms with Gasteiger partial charge in [0.2, 0.25) is 10.0 Å². The van der Waals surface area contributed by atoms with Gasteiger partial charge in [0.15, 0.2) is 6.61 Å². The molecule has 2 saturated heterocycles. The number of rotatable bonds is 14. The third-order valence-corrected chi connectivity index (χ3v) is 11.8. The monoisotopic (exact) mass is 733 g/mol. The van der Waals surface area contributed by atoms with Gasteiger partial charge in [0.1, 0.15) is 17.2 Å². The Morgan fingerprint density at radius 3 is 2.31 bits per heavy atom. The fourth-order valence-corrected chi connectivity index (χ4v) is 8.14. The van der Waals surface area contributed by atoms with Gasteiger partial charge in [-0.1, -0.05) is 67.9 Å². The molecule has 2 aliphatic rings. The molecule has 0 aliphatic carbocycles. The van der Waals surface area contributed by atoms with Crippen molar-refractivity contribution in [3.05, 3.63) is 119 Å². The van der Waals surface area contributed by atoms with Gasteiger partial charge in [0.25, 0.3) is 0 Å². The predicted octanol–water partition coefficient (Wildman–Crippen LogP) is 8.48. The highest BCUT2D eigenvalue weighted by atomic mass is 35.5. The summed E-state index contributed by atoms with van der Waals surface area (Å²) in [6, 6.07) is 29.1. The molecule has 6 rings (SSSR count). The van der Waals surface area contributed by atoms with Crippen LogP contribution in [0.15, 0.2) is 102 Å². The molecule has 11 heteroatoms. The second kappa shape index (κ2) is 15.4. The first kappa shape index (κ1) is 36.8. The zero-order valence-corrected chi connectivity index (χ0v) is 30.8. The Hall–Kier alpha value is -3.93. The van der Waals surface area contributed by atoms with Gasteiger partial charge in [-0.15, -0.1) is 0 Å². The predicted molar refractivity (Wildman–Crippen MR) is 195 cm³/mol. The number of sulfonamides is 1. The van der Waals surface area contributed by atoms with Crippen LogP contribution in [0.1, 0.15) is 62.3 Å². The van der Waals surface area contributed by atoms with Crippen molar-refractivity contribution in [3.63, 3.8) is 0 Å². The minimum Gasteiger partial charge on any atom is -0.482 e. The Morgan fingerprint density at radius 2 is 1.69 bits per heavy atom. The number of ether oxygens (including phenoxy) is 4. The van der Waals surface area contributed by atoms with Crippen molar-refractivity contribution in [2.75, 3.05) is 20.3 Å². The number of benzene rings is 4. The van der Waals surface area contributed by atoms with Crippen molar-refractivity contribution >= 4 is 27.6 Å². The summed E-state index contributed by atoms with van der Waals surface area (Å²) in [5, 5.41) is 10.0. The van der Waals surface area contributed by atoms with Gasteiger partial charge in [0, 0.05) is 36.0 Å². The van der Waals surface area contributed by atoms with Crippen LogP contribution in [0.2, 0.25) is 5.02 Å². The van der Waals surface area contributed by atoms with Crippen LogP contribution in [-0.2, 0) is 30.8 Å². The van der Waals surface area contributed by atoms with Crippen LogP contribution in [0.5, 0.6) is 17.2 Å². The summed E-state index contributed by atoms with van der Waals surface area (Å²) in [4.78, 5) is 11.8. The summed E-state index contributed by atoms with van der Waals surface area (Å²) in [6.07, 6.45) is 0.737. The van der Waals surface area contributed by atoms with Crippen molar-refractivity contribution in [2.45, 2.75) is 68.8 Å². The molecule has 4 aromatic rings. The standard InChI is InChI=1S/C40H44ClNO8S/c1-26(2)20-37-33(28-12-17-32(18-13-28)51(45,46)42(4)23-27-10-14-29(41)15-11-27)22-35(40(3)25-48-40)39(50-37)34-21-31(49-30-8-6-5-7-9-30)16-19-36(34)47-24-38(43)44/h5-19,21,26,33,35,37,39H,20,22-25H2,1-4H3,(H,43,44)/t33-,35+,37+,39-,40?/m0/s1. The van der Waals surface area contributed by atoms with Crippen molar-refractivity contribution < 1.29 is 37.3 Å². The molecule has 9 nitrogen and oxygen atoms in total. The zero-order valence-electron chi connectivity index (χ0n) is 29.2. The second-order valence-corrected chi connectivity index (χ2v) is 16.5. The van der Waals surface area contributed by atoms with Gasteiger partial charge >= 0.3 is 5.97 Å². The van der Waals surface area contributed by atoms with E-state index < -0.39 is 34.3 Å². The van der Waals surface area contributed by atoms with Crippen LogP contribution in [0, 0.1) is 11.8 Å². The highest BCUT2D eigenvalue weighted by molar-refractivity contribution is 7.89. The lowest BCUT2D eigenvalue weighted by Gasteiger charge is -2.44. The van der Waals surface area contributed by atoms with E-state index in [1.807, 2.05) is 60.7 Å². The number of para-hydroxylation sites is 1. The molecule has 0 aromatic heterocycles. The number of carbonyl (C=O) groups is 1. The van der Waals surface area contributed by atoms with Gasteiger partial charge in [-0.25, -0.2) is 13.2 Å². The summed E-state index contributed by atoms with van der Waals surface area (Å²) in [6.45, 7) is 6.64.